The predicted molar refractivity (Wildman–Crippen MR) is 92.6 cm³/mol. The number of amides is 1. The van der Waals surface area contributed by atoms with E-state index in [2.05, 4.69) is 5.32 Å². The monoisotopic (exact) mass is 343 g/mol. The van der Waals surface area contributed by atoms with Gasteiger partial charge >= 0.3 is 0 Å². The van der Waals surface area contributed by atoms with Gasteiger partial charge in [-0.3, -0.25) is 9.59 Å². The molecule has 0 saturated heterocycles. The lowest BCUT2D eigenvalue weighted by atomic mass is 10.0. The standard InChI is InChI=1S/C19H18ClNO3/c1-12(19(23)21-16-8-9-16)24-17-10-4-14(5-11-17)18(22)13-2-6-15(20)7-3-13/h2-7,10-12,16H,8-9H2,1H3,(H,21,23)/t12-/m0/s1. The Morgan fingerprint density at radius 3 is 2.12 bits per heavy atom. The smallest absolute Gasteiger partial charge is 0.260 e. The zero-order valence-electron chi connectivity index (χ0n) is 13.3. The molecule has 1 aliphatic rings. The second-order valence-electron chi connectivity index (χ2n) is 5.90. The van der Waals surface area contributed by atoms with E-state index in [0.717, 1.165) is 12.8 Å². The fourth-order valence-corrected chi connectivity index (χ4v) is 2.38. The number of nitrogens with one attached hydrogen (secondary N) is 1. The van der Waals surface area contributed by atoms with E-state index in [-0.39, 0.29) is 11.7 Å². The van der Waals surface area contributed by atoms with E-state index in [1.807, 2.05) is 0 Å². The van der Waals surface area contributed by atoms with Gasteiger partial charge in [-0.2, -0.15) is 0 Å². The summed E-state index contributed by atoms with van der Waals surface area (Å²) in [7, 11) is 0. The van der Waals surface area contributed by atoms with Crippen molar-refractivity contribution in [3.63, 3.8) is 0 Å². The molecule has 5 heteroatoms. The summed E-state index contributed by atoms with van der Waals surface area (Å²) >= 11 is 5.83. The Hall–Kier alpha value is -2.33. The van der Waals surface area contributed by atoms with Crippen LogP contribution < -0.4 is 10.1 Å². The summed E-state index contributed by atoms with van der Waals surface area (Å²) in [5.74, 6) is 0.359. The van der Waals surface area contributed by atoms with Gasteiger partial charge in [-0.15, -0.1) is 0 Å². The van der Waals surface area contributed by atoms with Crippen LogP contribution in [0.4, 0.5) is 0 Å². The van der Waals surface area contributed by atoms with Gasteiger partial charge in [0.2, 0.25) is 0 Å². The van der Waals surface area contributed by atoms with Crippen LogP contribution in [0.1, 0.15) is 35.7 Å². The maximum absolute atomic E-state index is 12.4. The van der Waals surface area contributed by atoms with E-state index in [1.54, 1.807) is 55.5 Å². The zero-order chi connectivity index (χ0) is 17.1. The molecule has 1 N–H and O–H groups in total. The van der Waals surface area contributed by atoms with Gasteiger partial charge in [-0.1, -0.05) is 11.6 Å². The molecule has 0 aliphatic heterocycles. The maximum atomic E-state index is 12.4. The zero-order valence-corrected chi connectivity index (χ0v) is 14.0. The van der Waals surface area contributed by atoms with Crippen molar-refractivity contribution in [2.45, 2.75) is 31.9 Å². The number of carbonyl (C=O) groups is 2. The topological polar surface area (TPSA) is 55.4 Å². The van der Waals surface area contributed by atoms with Gasteiger partial charge in [0, 0.05) is 22.2 Å². The minimum absolute atomic E-state index is 0.0854. The molecule has 0 bridgehead atoms. The second kappa shape index (κ2) is 7.05. The minimum atomic E-state index is -0.566. The molecule has 2 aromatic carbocycles. The summed E-state index contributed by atoms with van der Waals surface area (Å²) in [5.41, 5.74) is 1.13. The molecule has 1 saturated carbocycles. The molecule has 0 unspecified atom stereocenters. The fourth-order valence-electron chi connectivity index (χ4n) is 2.26. The van der Waals surface area contributed by atoms with Gasteiger partial charge in [-0.25, -0.2) is 0 Å². The SMILES string of the molecule is C[C@H](Oc1ccc(C(=O)c2ccc(Cl)cc2)cc1)C(=O)NC1CC1. The third kappa shape index (κ3) is 4.15. The van der Waals surface area contributed by atoms with Crippen LogP contribution in [0.5, 0.6) is 5.75 Å². The molecule has 0 heterocycles. The van der Waals surface area contributed by atoms with Gasteiger partial charge in [0.1, 0.15) is 5.75 Å². The first kappa shape index (κ1) is 16.5. The summed E-state index contributed by atoms with van der Waals surface area (Å²) in [6.07, 6.45) is 1.52. The summed E-state index contributed by atoms with van der Waals surface area (Å²) in [4.78, 5) is 24.3. The lowest BCUT2D eigenvalue weighted by molar-refractivity contribution is -0.127. The van der Waals surface area contributed by atoms with Crippen molar-refractivity contribution >= 4 is 23.3 Å². The van der Waals surface area contributed by atoms with E-state index in [1.165, 1.54) is 0 Å². The van der Waals surface area contributed by atoms with Crippen molar-refractivity contribution in [2.75, 3.05) is 0 Å². The molecular formula is C19H18ClNO3. The van der Waals surface area contributed by atoms with Crippen LogP contribution in [0.15, 0.2) is 48.5 Å². The van der Waals surface area contributed by atoms with Crippen LogP contribution in [0.25, 0.3) is 0 Å². The van der Waals surface area contributed by atoms with Crippen LogP contribution in [-0.4, -0.2) is 23.8 Å². The number of ether oxygens (including phenoxy) is 1. The molecule has 1 fully saturated rings. The van der Waals surface area contributed by atoms with Crippen LogP contribution >= 0.6 is 11.6 Å². The highest BCUT2D eigenvalue weighted by Crippen LogP contribution is 2.20. The first-order valence-corrected chi connectivity index (χ1v) is 8.28. The molecule has 3 rings (SSSR count). The molecular weight excluding hydrogens is 326 g/mol. The Balaban J connectivity index is 1.63. The van der Waals surface area contributed by atoms with E-state index in [9.17, 15) is 9.59 Å². The minimum Gasteiger partial charge on any atom is -0.481 e. The third-order valence-corrected chi connectivity index (χ3v) is 4.08. The summed E-state index contributed by atoms with van der Waals surface area (Å²) in [6.45, 7) is 1.71. The molecule has 124 valence electrons. The van der Waals surface area contributed by atoms with Crippen LogP contribution in [0.3, 0.4) is 0 Å². The predicted octanol–water partition coefficient (Wildman–Crippen LogP) is 3.62. The molecule has 0 radical (unpaired) electrons. The summed E-state index contributed by atoms with van der Waals surface area (Å²) < 4.78 is 5.62. The lowest BCUT2D eigenvalue weighted by Gasteiger charge is -2.14. The van der Waals surface area contributed by atoms with Gasteiger partial charge in [0.25, 0.3) is 5.91 Å². The molecule has 1 atom stereocenters. The van der Waals surface area contributed by atoms with Gasteiger partial charge in [0.15, 0.2) is 11.9 Å². The molecule has 24 heavy (non-hydrogen) atoms. The maximum Gasteiger partial charge on any atom is 0.260 e. The van der Waals surface area contributed by atoms with E-state index in [4.69, 9.17) is 16.3 Å². The van der Waals surface area contributed by atoms with E-state index in [0.29, 0.717) is 27.9 Å². The Labute approximate surface area is 145 Å². The molecule has 1 amide bonds. The first-order valence-electron chi connectivity index (χ1n) is 7.90. The molecule has 1 aliphatic carbocycles. The van der Waals surface area contributed by atoms with Crippen molar-refractivity contribution in [3.05, 3.63) is 64.7 Å². The van der Waals surface area contributed by atoms with Gasteiger partial charge in [0.05, 0.1) is 0 Å². The van der Waals surface area contributed by atoms with Crippen molar-refractivity contribution in [1.82, 2.24) is 5.32 Å². The van der Waals surface area contributed by atoms with E-state index < -0.39 is 6.10 Å². The van der Waals surface area contributed by atoms with Crippen LogP contribution in [0, 0.1) is 0 Å². The van der Waals surface area contributed by atoms with Crippen molar-refractivity contribution in [2.24, 2.45) is 0 Å². The highest BCUT2D eigenvalue weighted by atomic mass is 35.5. The number of benzene rings is 2. The van der Waals surface area contributed by atoms with E-state index >= 15 is 0 Å². The Bertz CT molecular complexity index is 736. The van der Waals surface area contributed by atoms with Gasteiger partial charge < -0.3 is 10.1 Å². The number of halogens is 1. The van der Waals surface area contributed by atoms with Crippen molar-refractivity contribution in [3.8, 4) is 5.75 Å². The highest BCUT2D eigenvalue weighted by Gasteiger charge is 2.26. The summed E-state index contributed by atoms with van der Waals surface area (Å²) in [5, 5.41) is 3.49. The van der Waals surface area contributed by atoms with Gasteiger partial charge in [-0.05, 0) is 68.3 Å². The van der Waals surface area contributed by atoms with Crippen LogP contribution in [-0.2, 0) is 4.79 Å². The Kier molecular flexibility index (Phi) is 4.86. The lowest BCUT2D eigenvalue weighted by Crippen LogP contribution is -2.37. The highest BCUT2D eigenvalue weighted by molar-refractivity contribution is 6.30. The molecule has 4 nitrogen and oxygen atoms in total. The molecule has 0 aromatic heterocycles. The fraction of sp³-hybridized carbons (Fsp3) is 0.263. The Morgan fingerprint density at radius 2 is 1.58 bits per heavy atom. The average Bonchev–Trinajstić information content (AvgIpc) is 3.39. The first-order chi connectivity index (χ1) is 11.5. The van der Waals surface area contributed by atoms with Crippen LogP contribution in [0.2, 0.25) is 5.02 Å². The molecule has 2 aromatic rings. The second-order valence-corrected chi connectivity index (χ2v) is 6.34. The molecule has 0 spiro atoms. The Morgan fingerprint density at radius 1 is 1.04 bits per heavy atom. The quantitative estimate of drug-likeness (QED) is 0.815. The largest absolute Gasteiger partial charge is 0.481 e. The normalized spacial score (nSPS) is 14.8. The summed E-state index contributed by atoms with van der Waals surface area (Å²) in [6, 6.07) is 13.9. The number of carbonyl (C=O) groups excluding carboxylic acids is 2. The number of ketones is 1. The number of hydrogen-bond acceptors (Lipinski definition) is 3. The number of rotatable bonds is 6. The number of hydrogen-bond donors (Lipinski definition) is 1. The third-order valence-electron chi connectivity index (χ3n) is 3.83. The van der Waals surface area contributed by atoms with Crippen molar-refractivity contribution in [1.29, 1.82) is 0 Å². The average molecular weight is 344 g/mol. The van der Waals surface area contributed by atoms with Crippen molar-refractivity contribution < 1.29 is 14.3 Å².